The van der Waals surface area contributed by atoms with Gasteiger partial charge in [0.05, 0.1) is 5.56 Å². The number of aldehydes is 1. The van der Waals surface area contributed by atoms with Gasteiger partial charge in [0.2, 0.25) is 0 Å². The summed E-state index contributed by atoms with van der Waals surface area (Å²) in [5.41, 5.74) is 0.0210. The molecule has 0 aliphatic rings. The van der Waals surface area contributed by atoms with Crippen LogP contribution in [0, 0.1) is 0 Å². The van der Waals surface area contributed by atoms with Crippen molar-refractivity contribution in [3.8, 4) is 5.75 Å². The number of carbonyl (C=O) groups excluding carboxylic acids is 1. The van der Waals surface area contributed by atoms with E-state index in [9.17, 15) is 14.7 Å². The Morgan fingerprint density at radius 3 is 2.30 bits per heavy atom. The lowest BCUT2D eigenvalue weighted by molar-refractivity contribution is -0.107. The van der Waals surface area contributed by atoms with Gasteiger partial charge >= 0.3 is 5.63 Å². The Bertz CT molecular complexity index is 505. The standard InChI is InChI=1S/C19H30O4/c1-2-3-9-12-16-15-18(21)17(19(22)23-16)13-10-7-5-4-6-8-11-14-20/h14-15,21H,2-13H2,1H3. The second-order valence-corrected chi connectivity index (χ2v) is 6.15. The van der Waals surface area contributed by atoms with Crippen molar-refractivity contribution >= 4 is 6.29 Å². The van der Waals surface area contributed by atoms with E-state index in [0.717, 1.165) is 64.1 Å². The van der Waals surface area contributed by atoms with Crippen molar-refractivity contribution in [1.29, 1.82) is 0 Å². The van der Waals surface area contributed by atoms with Crippen LogP contribution in [0.1, 0.15) is 82.5 Å². The first kappa shape index (κ1) is 19.5. The molecule has 0 unspecified atom stereocenters. The van der Waals surface area contributed by atoms with Crippen LogP contribution in [0.3, 0.4) is 0 Å². The third kappa shape index (κ3) is 8.00. The predicted molar refractivity (Wildman–Crippen MR) is 92.0 cm³/mol. The molecular weight excluding hydrogens is 292 g/mol. The van der Waals surface area contributed by atoms with Gasteiger partial charge in [0.1, 0.15) is 17.8 Å². The molecular formula is C19H30O4. The van der Waals surface area contributed by atoms with E-state index in [0.29, 0.717) is 30.6 Å². The molecule has 4 heteroatoms. The molecule has 1 rings (SSSR count). The number of hydrogen-bond acceptors (Lipinski definition) is 4. The van der Waals surface area contributed by atoms with E-state index in [1.807, 2.05) is 0 Å². The van der Waals surface area contributed by atoms with E-state index < -0.39 is 0 Å². The highest BCUT2D eigenvalue weighted by Crippen LogP contribution is 2.19. The summed E-state index contributed by atoms with van der Waals surface area (Å²) in [5, 5.41) is 10.0. The van der Waals surface area contributed by atoms with Crippen LogP contribution in [-0.2, 0) is 17.6 Å². The van der Waals surface area contributed by atoms with Crippen LogP contribution in [-0.4, -0.2) is 11.4 Å². The Labute approximate surface area is 138 Å². The van der Waals surface area contributed by atoms with Gasteiger partial charge in [0, 0.05) is 18.9 Å². The van der Waals surface area contributed by atoms with Crippen LogP contribution < -0.4 is 5.63 Å². The zero-order valence-corrected chi connectivity index (χ0v) is 14.3. The summed E-state index contributed by atoms with van der Waals surface area (Å²) in [6, 6.07) is 1.60. The summed E-state index contributed by atoms with van der Waals surface area (Å²) in [7, 11) is 0. The molecule has 0 fully saturated rings. The molecule has 0 atom stereocenters. The molecule has 0 aliphatic heterocycles. The van der Waals surface area contributed by atoms with Gasteiger partial charge in [-0.05, 0) is 25.7 Å². The maximum absolute atomic E-state index is 12.0. The lowest BCUT2D eigenvalue weighted by atomic mass is 10.0. The highest BCUT2D eigenvalue weighted by Gasteiger charge is 2.10. The third-order valence-electron chi connectivity index (χ3n) is 4.10. The smallest absolute Gasteiger partial charge is 0.342 e. The van der Waals surface area contributed by atoms with Gasteiger partial charge in [0.25, 0.3) is 0 Å². The number of carbonyl (C=O) groups is 1. The second-order valence-electron chi connectivity index (χ2n) is 6.15. The monoisotopic (exact) mass is 322 g/mol. The van der Waals surface area contributed by atoms with Crippen LogP contribution in [0.5, 0.6) is 5.75 Å². The molecule has 0 aromatic carbocycles. The van der Waals surface area contributed by atoms with Gasteiger partial charge in [0.15, 0.2) is 0 Å². The zero-order chi connectivity index (χ0) is 16.9. The van der Waals surface area contributed by atoms with Crippen LogP contribution in [0.15, 0.2) is 15.3 Å². The van der Waals surface area contributed by atoms with E-state index >= 15 is 0 Å². The van der Waals surface area contributed by atoms with Crippen LogP contribution >= 0.6 is 0 Å². The summed E-state index contributed by atoms with van der Waals surface area (Å²) in [5.74, 6) is 0.665. The van der Waals surface area contributed by atoms with Crippen LogP contribution in [0.2, 0.25) is 0 Å². The summed E-state index contributed by atoms with van der Waals surface area (Å²) in [6.07, 6.45) is 12.2. The topological polar surface area (TPSA) is 67.5 Å². The molecule has 1 aromatic rings. The van der Waals surface area contributed by atoms with Crippen molar-refractivity contribution < 1.29 is 14.3 Å². The lowest BCUT2D eigenvalue weighted by Crippen LogP contribution is -2.09. The maximum Gasteiger partial charge on any atom is 0.342 e. The average Bonchev–Trinajstić information content (AvgIpc) is 2.52. The minimum atomic E-state index is -0.387. The summed E-state index contributed by atoms with van der Waals surface area (Å²) in [6.45, 7) is 2.12. The van der Waals surface area contributed by atoms with E-state index in [2.05, 4.69) is 6.92 Å². The van der Waals surface area contributed by atoms with Gasteiger partial charge in [-0.15, -0.1) is 0 Å². The summed E-state index contributed by atoms with van der Waals surface area (Å²) < 4.78 is 5.31. The normalized spacial score (nSPS) is 10.8. The minimum absolute atomic E-state index is 0.0822. The van der Waals surface area contributed by atoms with Gasteiger partial charge in [-0.1, -0.05) is 45.4 Å². The fraction of sp³-hybridized carbons (Fsp3) is 0.684. The Kier molecular flexibility index (Phi) is 10.1. The van der Waals surface area contributed by atoms with Crippen molar-refractivity contribution in [3.05, 3.63) is 27.8 Å². The minimum Gasteiger partial charge on any atom is -0.507 e. The first-order valence-electron chi connectivity index (χ1n) is 8.97. The molecule has 0 amide bonds. The molecule has 1 aromatic heterocycles. The van der Waals surface area contributed by atoms with Gasteiger partial charge in [-0.2, -0.15) is 0 Å². The van der Waals surface area contributed by atoms with Crippen molar-refractivity contribution in [3.63, 3.8) is 0 Å². The fourth-order valence-corrected chi connectivity index (χ4v) is 2.69. The van der Waals surface area contributed by atoms with Crippen molar-refractivity contribution in [1.82, 2.24) is 0 Å². The third-order valence-corrected chi connectivity index (χ3v) is 4.10. The Morgan fingerprint density at radius 2 is 1.65 bits per heavy atom. The van der Waals surface area contributed by atoms with Gasteiger partial charge in [-0.3, -0.25) is 0 Å². The SMILES string of the molecule is CCCCCc1cc(O)c(CCCCCCCCC=O)c(=O)o1. The molecule has 0 radical (unpaired) electrons. The second kappa shape index (κ2) is 11.9. The quantitative estimate of drug-likeness (QED) is 0.427. The molecule has 130 valence electrons. The van der Waals surface area contributed by atoms with Crippen molar-refractivity contribution in [2.75, 3.05) is 0 Å². The van der Waals surface area contributed by atoms with Crippen molar-refractivity contribution in [2.45, 2.75) is 84.0 Å². The number of aryl methyl sites for hydroxylation is 1. The largest absolute Gasteiger partial charge is 0.507 e. The molecule has 4 nitrogen and oxygen atoms in total. The zero-order valence-electron chi connectivity index (χ0n) is 14.3. The van der Waals surface area contributed by atoms with Crippen molar-refractivity contribution in [2.24, 2.45) is 0 Å². The molecule has 0 saturated carbocycles. The highest BCUT2D eigenvalue weighted by atomic mass is 16.4. The predicted octanol–water partition coefficient (Wildman–Crippen LogP) is 4.55. The molecule has 23 heavy (non-hydrogen) atoms. The summed E-state index contributed by atoms with van der Waals surface area (Å²) >= 11 is 0. The first-order chi connectivity index (χ1) is 11.2. The van der Waals surface area contributed by atoms with Gasteiger partial charge in [-0.25, -0.2) is 4.79 Å². The van der Waals surface area contributed by atoms with E-state index in [-0.39, 0.29) is 11.4 Å². The highest BCUT2D eigenvalue weighted by molar-refractivity contribution is 5.48. The Balaban J connectivity index is 2.33. The average molecular weight is 322 g/mol. The van der Waals surface area contributed by atoms with Crippen LogP contribution in [0.4, 0.5) is 0 Å². The Hall–Kier alpha value is -1.58. The van der Waals surface area contributed by atoms with E-state index in [1.165, 1.54) is 0 Å². The number of rotatable bonds is 13. The van der Waals surface area contributed by atoms with E-state index in [4.69, 9.17) is 4.42 Å². The molecule has 1 N–H and O–H groups in total. The molecule has 0 saturated heterocycles. The molecule has 0 aliphatic carbocycles. The maximum atomic E-state index is 12.0. The molecule has 1 heterocycles. The first-order valence-corrected chi connectivity index (χ1v) is 8.97. The van der Waals surface area contributed by atoms with Crippen LogP contribution in [0.25, 0.3) is 0 Å². The molecule has 0 spiro atoms. The fourth-order valence-electron chi connectivity index (χ4n) is 2.69. The number of aromatic hydroxyl groups is 1. The Morgan fingerprint density at radius 1 is 1.00 bits per heavy atom. The number of unbranched alkanes of at least 4 members (excludes halogenated alkanes) is 8. The number of hydrogen-bond donors (Lipinski definition) is 1. The summed E-state index contributed by atoms with van der Waals surface area (Å²) in [4.78, 5) is 22.2. The molecule has 0 bridgehead atoms. The lowest BCUT2D eigenvalue weighted by Gasteiger charge is -2.06. The van der Waals surface area contributed by atoms with E-state index in [1.54, 1.807) is 6.07 Å². The van der Waals surface area contributed by atoms with Gasteiger partial charge < -0.3 is 14.3 Å².